The molecule has 0 aliphatic heterocycles. The number of aliphatic hydroxyl groups is 1. The third kappa shape index (κ3) is 0.598. The lowest BCUT2D eigenvalue weighted by atomic mass is 10.2. The fraction of sp³-hybridized carbons (Fsp3) is 0.143. The van der Waals surface area contributed by atoms with E-state index < -0.39 is 0 Å². The molecule has 1 aromatic rings. The molecular formula is C7H6OS. The number of thiophene rings is 1. The zero-order chi connectivity index (χ0) is 6.27. The molecule has 0 saturated carbocycles. The molecule has 1 heterocycles. The van der Waals surface area contributed by atoms with E-state index in [4.69, 9.17) is 5.11 Å². The van der Waals surface area contributed by atoms with E-state index in [1.165, 1.54) is 5.56 Å². The van der Waals surface area contributed by atoms with Gasteiger partial charge in [0.2, 0.25) is 0 Å². The van der Waals surface area contributed by atoms with Crippen molar-refractivity contribution in [1.29, 1.82) is 0 Å². The van der Waals surface area contributed by atoms with E-state index >= 15 is 0 Å². The summed E-state index contributed by atoms with van der Waals surface area (Å²) in [5.74, 6) is 0.450. The van der Waals surface area contributed by atoms with Crippen molar-refractivity contribution < 1.29 is 5.11 Å². The van der Waals surface area contributed by atoms with E-state index in [1.54, 1.807) is 11.3 Å². The normalized spacial score (nSPS) is 15.3. The number of hydrogen-bond donors (Lipinski definition) is 1. The largest absolute Gasteiger partial charge is 0.508 e. The Balaban J connectivity index is 2.62. The van der Waals surface area contributed by atoms with Crippen molar-refractivity contribution in [2.24, 2.45) is 0 Å². The highest BCUT2D eigenvalue weighted by molar-refractivity contribution is 7.08. The van der Waals surface area contributed by atoms with Gasteiger partial charge in [0.05, 0.1) is 0 Å². The Morgan fingerprint density at radius 3 is 3.11 bits per heavy atom. The van der Waals surface area contributed by atoms with Crippen molar-refractivity contribution in [2.45, 2.75) is 6.42 Å². The van der Waals surface area contributed by atoms with Crippen LogP contribution in [0.1, 0.15) is 11.1 Å². The number of fused-ring (bicyclic) bond motifs is 1. The molecule has 46 valence electrons. The van der Waals surface area contributed by atoms with E-state index in [1.807, 2.05) is 11.5 Å². The van der Waals surface area contributed by atoms with Gasteiger partial charge in [-0.1, -0.05) is 0 Å². The molecule has 0 bridgehead atoms. The molecule has 0 fully saturated rings. The second-order valence-corrected chi connectivity index (χ2v) is 2.85. The molecule has 9 heavy (non-hydrogen) atoms. The SMILES string of the molecule is OC1=CCc2cscc21. The molecule has 0 amide bonds. The summed E-state index contributed by atoms with van der Waals surface area (Å²) in [6, 6.07) is 0. The van der Waals surface area contributed by atoms with Gasteiger partial charge in [-0.15, -0.1) is 0 Å². The molecule has 2 rings (SSSR count). The number of rotatable bonds is 0. The molecule has 1 aliphatic carbocycles. The molecule has 0 aromatic carbocycles. The third-order valence-corrected chi connectivity index (χ3v) is 2.33. The van der Waals surface area contributed by atoms with Crippen LogP contribution >= 0.6 is 11.3 Å². The predicted molar refractivity (Wildman–Crippen MR) is 38.6 cm³/mol. The minimum Gasteiger partial charge on any atom is -0.508 e. The molecular weight excluding hydrogens is 132 g/mol. The maximum atomic E-state index is 9.14. The molecule has 1 nitrogen and oxygen atoms in total. The number of allylic oxidation sites excluding steroid dienone is 1. The Labute approximate surface area is 57.3 Å². The first-order chi connectivity index (χ1) is 4.38. The van der Waals surface area contributed by atoms with Gasteiger partial charge in [-0.05, 0) is 23.4 Å². The van der Waals surface area contributed by atoms with Gasteiger partial charge in [-0.2, -0.15) is 11.3 Å². The zero-order valence-corrected chi connectivity index (χ0v) is 5.61. The first-order valence-electron chi connectivity index (χ1n) is 2.82. The molecule has 2 heteroatoms. The number of aliphatic hydroxyl groups excluding tert-OH is 1. The van der Waals surface area contributed by atoms with E-state index in [-0.39, 0.29) is 0 Å². The summed E-state index contributed by atoms with van der Waals surface area (Å²) in [6.07, 6.45) is 2.75. The highest BCUT2D eigenvalue weighted by Gasteiger charge is 2.12. The highest BCUT2D eigenvalue weighted by Crippen LogP contribution is 2.27. The minimum absolute atomic E-state index is 0.450. The molecule has 1 N–H and O–H groups in total. The molecule has 0 spiro atoms. The topological polar surface area (TPSA) is 20.2 Å². The van der Waals surface area contributed by atoms with E-state index in [2.05, 4.69) is 5.38 Å². The van der Waals surface area contributed by atoms with E-state index in [0.717, 1.165) is 12.0 Å². The maximum absolute atomic E-state index is 9.14. The van der Waals surface area contributed by atoms with Crippen LogP contribution in [0, 0.1) is 0 Å². The lowest BCUT2D eigenvalue weighted by Crippen LogP contribution is -1.72. The van der Waals surface area contributed by atoms with Crippen molar-refractivity contribution in [3.63, 3.8) is 0 Å². The molecule has 0 unspecified atom stereocenters. The molecule has 1 aliphatic rings. The Hall–Kier alpha value is -0.760. The van der Waals surface area contributed by atoms with Gasteiger partial charge in [-0.3, -0.25) is 0 Å². The second kappa shape index (κ2) is 1.61. The first kappa shape index (κ1) is 5.06. The monoisotopic (exact) mass is 138 g/mol. The number of hydrogen-bond acceptors (Lipinski definition) is 2. The van der Waals surface area contributed by atoms with Crippen molar-refractivity contribution in [3.05, 3.63) is 28.0 Å². The average Bonchev–Trinajstić information content (AvgIpc) is 2.35. The van der Waals surface area contributed by atoms with E-state index in [9.17, 15) is 0 Å². The maximum Gasteiger partial charge on any atom is 0.120 e. The summed E-state index contributed by atoms with van der Waals surface area (Å²) in [6.45, 7) is 0. The summed E-state index contributed by atoms with van der Waals surface area (Å²) in [4.78, 5) is 0. The predicted octanol–water partition coefficient (Wildman–Crippen LogP) is 2.20. The third-order valence-electron chi connectivity index (χ3n) is 1.53. The minimum atomic E-state index is 0.450. The van der Waals surface area contributed by atoms with Crippen LogP contribution in [-0.4, -0.2) is 5.11 Å². The molecule has 0 radical (unpaired) electrons. The van der Waals surface area contributed by atoms with Gasteiger partial charge in [0.1, 0.15) is 5.76 Å². The van der Waals surface area contributed by atoms with Crippen LogP contribution in [0.3, 0.4) is 0 Å². The van der Waals surface area contributed by atoms with Gasteiger partial charge in [0, 0.05) is 10.9 Å². The fourth-order valence-corrected chi connectivity index (χ4v) is 1.89. The average molecular weight is 138 g/mol. The summed E-state index contributed by atoms with van der Waals surface area (Å²) in [5, 5.41) is 13.2. The fourth-order valence-electron chi connectivity index (χ4n) is 1.02. The quantitative estimate of drug-likeness (QED) is 0.582. The van der Waals surface area contributed by atoms with Gasteiger partial charge >= 0.3 is 0 Å². The Kier molecular flexibility index (Phi) is 0.904. The van der Waals surface area contributed by atoms with Gasteiger partial charge in [-0.25, -0.2) is 0 Å². The van der Waals surface area contributed by atoms with Crippen LogP contribution in [0.5, 0.6) is 0 Å². The molecule has 0 saturated heterocycles. The second-order valence-electron chi connectivity index (χ2n) is 2.10. The van der Waals surface area contributed by atoms with Crippen molar-refractivity contribution in [2.75, 3.05) is 0 Å². The van der Waals surface area contributed by atoms with Crippen molar-refractivity contribution in [1.82, 2.24) is 0 Å². The lowest BCUT2D eigenvalue weighted by Gasteiger charge is -1.86. The van der Waals surface area contributed by atoms with Crippen LogP contribution in [0.4, 0.5) is 0 Å². The van der Waals surface area contributed by atoms with Crippen molar-refractivity contribution in [3.8, 4) is 0 Å². The lowest BCUT2D eigenvalue weighted by molar-refractivity contribution is 0.513. The van der Waals surface area contributed by atoms with Gasteiger partial charge in [0.25, 0.3) is 0 Å². The van der Waals surface area contributed by atoms with Crippen LogP contribution in [-0.2, 0) is 6.42 Å². The van der Waals surface area contributed by atoms with Crippen LogP contribution in [0.15, 0.2) is 16.8 Å². The Morgan fingerprint density at radius 2 is 2.33 bits per heavy atom. The van der Waals surface area contributed by atoms with Crippen LogP contribution in [0.25, 0.3) is 5.76 Å². The zero-order valence-electron chi connectivity index (χ0n) is 4.79. The molecule has 1 aromatic heterocycles. The standard InChI is InChI=1S/C7H6OS/c8-7-2-1-5-3-9-4-6(5)7/h2-4,8H,1H2. The summed E-state index contributed by atoms with van der Waals surface area (Å²) in [5.41, 5.74) is 2.29. The Bertz CT molecular complexity index is 260. The summed E-state index contributed by atoms with van der Waals surface area (Å²) in [7, 11) is 0. The van der Waals surface area contributed by atoms with E-state index in [0.29, 0.717) is 5.76 Å². The van der Waals surface area contributed by atoms with Crippen LogP contribution in [0.2, 0.25) is 0 Å². The molecule has 0 atom stereocenters. The first-order valence-corrected chi connectivity index (χ1v) is 3.77. The summed E-state index contributed by atoms with van der Waals surface area (Å²) >= 11 is 1.64. The smallest absolute Gasteiger partial charge is 0.120 e. The highest BCUT2D eigenvalue weighted by atomic mass is 32.1. The van der Waals surface area contributed by atoms with Crippen molar-refractivity contribution >= 4 is 17.1 Å². The van der Waals surface area contributed by atoms with Gasteiger partial charge in [0.15, 0.2) is 0 Å². The Morgan fingerprint density at radius 1 is 1.44 bits per heavy atom. The summed E-state index contributed by atoms with van der Waals surface area (Å²) < 4.78 is 0. The van der Waals surface area contributed by atoms with Crippen LogP contribution < -0.4 is 0 Å². The van der Waals surface area contributed by atoms with Gasteiger partial charge < -0.3 is 5.11 Å².